The van der Waals surface area contributed by atoms with Crippen LogP contribution in [0, 0.1) is 0 Å². The van der Waals surface area contributed by atoms with E-state index in [2.05, 4.69) is 5.32 Å². The van der Waals surface area contributed by atoms with Crippen LogP contribution in [0.4, 0.5) is 0 Å². The highest BCUT2D eigenvalue weighted by molar-refractivity contribution is 7.80. The Labute approximate surface area is 106 Å². The Bertz CT molecular complexity index is 424. The first-order chi connectivity index (χ1) is 8.14. The van der Waals surface area contributed by atoms with E-state index in [0.717, 1.165) is 25.7 Å². The third-order valence-electron chi connectivity index (χ3n) is 3.32. The molecule has 1 saturated carbocycles. The van der Waals surface area contributed by atoms with Crippen molar-refractivity contribution in [2.24, 2.45) is 5.73 Å². The average molecular weight is 248 g/mol. The minimum absolute atomic E-state index is 0.0969. The van der Waals surface area contributed by atoms with Crippen LogP contribution >= 0.6 is 12.2 Å². The molecule has 0 saturated heterocycles. The highest BCUT2D eigenvalue weighted by Crippen LogP contribution is 2.30. The van der Waals surface area contributed by atoms with Crippen LogP contribution < -0.4 is 11.1 Å². The molecule has 0 spiro atoms. The highest BCUT2D eigenvalue weighted by Gasteiger charge is 2.38. The Kier molecular flexibility index (Phi) is 3.43. The zero-order valence-electron chi connectivity index (χ0n) is 9.61. The number of carbonyl (C=O) groups excluding carboxylic acids is 1. The van der Waals surface area contributed by atoms with Crippen LogP contribution in [0.2, 0.25) is 0 Å². The molecule has 1 aromatic rings. The normalized spacial score (nSPS) is 17.6. The van der Waals surface area contributed by atoms with Crippen molar-refractivity contribution in [3.8, 4) is 0 Å². The maximum atomic E-state index is 12.1. The molecule has 1 aromatic carbocycles. The van der Waals surface area contributed by atoms with Gasteiger partial charge in [0.1, 0.15) is 0 Å². The summed E-state index contributed by atoms with van der Waals surface area (Å²) in [5.41, 5.74) is 5.95. The molecule has 4 heteroatoms. The molecule has 0 unspecified atom stereocenters. The van der Waals surface area contributed by atoms with Gasteiger partial charge in [0.2, 0.25) is 0 Å². The molecule has 1 aliphatic carbocycles. The lowest BCUT2D eigenvalue weighted by atomic mass is 9.97. The van der Waals surface area contributed by atoms with E-state index in [4.69, 9.17) is 18.0 Å². The first-order valence-electron chi connectivity index (χ1n) is 5.81. The first-order valence-corrected chi connectivity index (χ1v) is 6.22. The Balaban J connectivity index is 2.15. The van der Waals surface area contributed by atoms with E-state index in [0.29, 0.717) is 10.6 Å². The van der Waals surface area contributed by atoms with Gasteiger partial charge in [0.05, 0.1) is 10.5 Å². The van der Waals surface area contributed by atoms with Crippen molar-refractivity contribution < 1.29 is 4.79 Å². The zero-order valence-corrected chi connectivity index (χ0v) is 10.4. The molecule has 17 heavy (non-hydrogen) atoms. The van der Waals surface area contributed by atoms with Gasteiger partial charge in [-0.15, -0.1) is 0 Å². The fourth-order valence-corrected chi connectivity index (χ4v) is 2.55. The van der Waals surface area contributed by atoms with E-state index in [1.807, 2.05) is 18.2 Å². The van der Waals surface area contributed by atoms with Gasteiger partial charge in [-0.25, -0.2) is 0 Å². The third-order valence-corrected chi connectivity index (χ3v) is 3.71. The van der Waals surface area contributed by atoms with Crippen LogP contribution in [0.1, 0.15) is 36.0 Å². The molecule has 0 heterocycles. The van der Waals surface area contributed by atoms with E-state index in [1.165, 1.54) is 0 Å². The molecule has 0 bridgehead atoms. The van der Waals surface area contributed by atoms with Gasteiger partial charge in [-0.05, 0) is 25.0 Å². The second kappa shape index (κ2) is 4.84. The number of nitrogens with two attached hydrogens (primary N) is 1. The molecular formula is C13H16N2OS. The monoisotopic (exact) mass is 248 g/mol. The third kappa shape index (κ3) is 2.47. The largest absolute Gasteiger partial charge is 0.391 e. The molecule has 0 radical (unpaired) electrons. The number of nitrogens with one attached hydrogen (secondary N) is 1. The van der Waals surface area contributed by atoms with Crippen LogP contribution in [0.5, 0.6) is 0 Å². The van der Waals surface area contributed by atoms with E-state index in [9.17, 15) is 4.79 Å². The summed E-state index contributed by atoms with van der Waals surface area (Å²) in [6.07, 6.45) is 3.82. The lowest BCUT2D eigenvalue weighted by molar-refractivity contribution is 0.0924. The number of hydrogen-bond donors (Lipinski definition) is 2. The quantitative estimate of drug-likeness (QED) is 0.805. The van der Waals surface area contributed by atoms with E-state index in [-0.39, 0.29) is 5.91 Å². The summed E-state index contributed by atoms with van der Waals surface area (Å²) in [7, 11) is 0. The average Bonchev–Trinajstić information content (AvgIpc) is 2.80. The van der Waals surface area contributed by atoms with Crippen molar-refractivity contribution in [1.82, 2.24) is 5.32 Å². The van der Waals surface area contributed by atoms with Gasteiger partial charge < -0.3 is 11.1 Å². The summed E-state index contributed by atoms with van der Waals surface area (Å²) in [5, 5.41) is 3.00. The Hall–Kier alpha value is -1.42. The maximum absolute atomic E-state index is 12.1. The number of benzene rings is 1. The molecule has 0 atom stereocenters. The minimum atomic E-state index is -0.470. The highest BCUT2D eigenvalue weighted by atomic mass is 32.1. The molecular weight excluding hydrogens is 232 g/mol. The van der Waals surface area contributed by atoms with Gasteiger partial charge in [-0.3, -0.25) is 4.79 Å². The Morgan fingerprint density at radius 1 is 1.24 bits per heavy atom. The summed E-state index contributed by atoms with van der Waals surface area (Å²) in [6.45, 7) is 0. The molecule has 1 aliphatic rings. The zero-order chi connectivity index (χ0) is 12.3. The van der Waals surface area contributed by atoms with Crippen molar-refractivity contribution in [2.75, 3.05) is 0 Å². The lowest BCUT2D eigenvalue weighted by Gasteiger charge is -2.29. The molecule has 3 nitrogen and oxygen atoms in total. The van der Waals surface area contributed by atoms with Crippen LogP contribution in [0.25, 0.3) is 0 Å². The number of rotatable bonds is 3. The Morgan fingerprint density at radius 3 is 2.35 bits per heavy atom. The van der Waals surface area contributed by atoms with Gasteiger partial charge in [0, 0.05) is 5.56 Å². The van der Waals surface area contributed by atoms with Crippen molar-refractivity contribution in [2.45, 2.75) is 31.2 Å². The number of amides is 1. The van der Waals surface area contributed by atoms with Crippen molar-refractivity contribution in [1.29, 1.82) is 0 Å². The SMILES string of the molecule is NC(=S)C1(NC(=O)c2ccccc2)CCCC1. The summed E-state index contributed by atoms with van der Waals surface area (Å²) >= 11 is 5.10. The van der Waals surface area contributed by atoms with Crippen LogP contribution in [0.3, 0.4) is 0 Å². The fourth-order valence-electron chi connectivity index (χ4n) is 2.29. The van der Waals surface area contributed by atoms with Gasteiger partial charge in [-0.2, -0.15) is 0 Å². The van der Waals surface area contributed by atoms with Crippen LogP contribution in [0.15, 0.2) is 30.3 Å². The summed E-state index contributed by atoms with van der Waals surface area (Å²) in [6, 6.07) is 9.15. The predicted molar refractivity (Wildman–Crippen MR) is 71.9 cm³/mol. The second-order valence-corrected chi connectivity index (χ2v) is 4.91. The van der Waals surface area contributed by atoms with Crippen molar-refractivity contribution in [3.05, 3.63) is 35.9 Å². The maximum Gasteiger partial charge on any atom is 0.252 e. The van der Waals surface area contributed by atoms with Crippen molar-refractivity contribution >= 4 is 23.1 Å². The van der Waals surface area contributed by atoms with Crippen LogP contribution in [-0.2, 0) is 0 Å². The Morgan fingerprint density at radius 2 is 1.82 bits per heavy atom. The second-order valence-electron chi connectivity index (χ2n) is 4.47. The number of hydrogen-bond acceptors (Lipinski definition) is 2. The predicted octanol–water partition coefficient (Wildman–Crippen LogP) is 2.02. The molecule has 0 aliphatic heterocycles. The summed E-state index contributed by atoms with van der Waals surface area (Å²) < 4.78 is 0. The van der Waals surface area contributed by atoms with Gasteiger partial charge in [0.25, 0.3) is 5.91 Å². The lowest BCUT2D eigenvalue weighted by Crippen LogP contribution is -2.54. The standard InChI is InChI=1S/C13H16N2OS/c14-12(17)13(8-4-5-9-13)15-11(16)10-6-2-1-3-7-10/h1-3,6-7H,4-5,8-9H2,(H2,14,17)(H,15,16). The van der Waals surface area contributed by atoms with Gasteiger partial charge in [-0.1, -0.05) is 43.3 Å². The van der Waals surface area contributed by atoms with Gasteiger partial charge in [0.15, 0.2) is 0 Å². The van der Waals surface area contributed by atoms with E-state index < -0.39 is 5.54 Å². The number of carbonyl (C=O) groups is 1. The summed E-state index contributed by atoms with van der Waals surface area (Å²) in [4.78, 5) is 12.5. The van der Waals surface area contributed by atoms with Crippen LogP contribution in [-0.4, -0.2) is 16.4 Å². The molecule has 0 aromatic heterocycles. The fraction of sp³-hybridized carbons (Fsp3) is 0.385. The minimum Gasteiger partial charge on any atom is -0.391 e. The molecule has 1 fully saturated rings. The van der Waals surface area contributed by atoms with Gasteiger partial charge >= 0.3 is 0 Å². The molecule has 3 N–H and O–H groups in total. The summed E-state index contributed by atoms with van der Waals surface area (Å²) in [5.74, 6) is -0.0969. The van der Waals surface area contributed by atoms with E-state index in [1.54, 1.807) is 12.1 Å². The van der Waals surface area contributed by atoms with Crippen molar-refractivity contribution in [3.63, 3.8) is 0 Å². The first kappa shape index (κ1) is 12.0. The number of thiocarbonyl (C=S) groups is 1. The van der Waals surface area contributed by atoms with E-state index >= 15 is 0 Å². The molecule has 1 amide bonds. The molecule has 2 rings (SSSR count). The molecule has 90 valence electrons. The smallest absolute Gasteiger partial charge is 0.252 e. The topological polar surface area (TPSA) is 55.1 Å².